The fourth-order valence-electron chi connectivity index (χ4n) is 1.45. The number of rotatable bonds is 8. The summed E-state index contributed by atoms with van der Waals surface area (Å²) in [7, 11) is 3.08. The first-order valence-electron chi connectivity index (χ1n) is 5.94. The van der Waals surface area contributed by atoms with Crippen LogP contribution in [0, 0.1) is 0 Å². The number of anilines is 1. The second-order valence-electron chi connectivity index (χ2n) is 3.89. The Balaban J connectivity index is 2.47. The summed E-state index contributed by atoms with van der Waals surface area (Å²) >= 11 is 1.36. The topological polar surface area (TPSA) is 90.6 Å². The minimum Gasteiger partial charge on any atom is -0.493 e. The van der Waals surface area contributed by atoms with E-state index in [4.69, 9.17) is 15.2 Å². The normalized spacial score (nSPS) is 9.90. The Morgan fingerprint density at radius 3 is 2.55 bits per heavy atom. The van der Waals surface area contributed by atoms with E-state index in [1.807, 2.05) is 0 Å². The lowest BCUT2D eigenvalue weighted by atomic mass is 10.2. The smallest absolute Gasteiger partial charge is 0.234 e. The van der Waals surface area contributed by atoms with Crippen LogP contribution in [-0.2, 0) is 9.59 Å². The van der Waals surface area contributed by atoms with Crippen LogP contribution < -0.4 is 20.5 Å². The molecule has 0 atom stereocenters. The predicted molar refractivity (Wildman–Crippen MR) is 79.3 cm³/mol. The molecule has 0 aromatic heterocycles. The molecule has 0 bridgehead atoms. The molecule has 0 heterocycles. The fraction of sp³-hybridized carbons (Fsp3) is 0.385. The summed E-state index contributed by atoms with van der Waals surface area (Å²) in [5.74, 6) is 1.44. The van der Waals surface area contributed by atoms with Crippen molar-refractivity contribution in [3.8, 4) is 11.5 Å². The molecule has 0 fully saturated rings. The maximum absolute atomic E-state index is 11.7. The molecule has 6 nitrogen and oxygen atoms in total. The van der Waals surface area contributed by atoms with Gasteiger partial charge in [-0.2, -0.15) is 11.8 Å². The summed E-state index contributed by atoms with van der Waals surface area (Å²) in [6, 6.07) is 5.13. The van der Waals surface area contributed by atoms with Crippen LogP contribution in [0.2, 0.25) is 0 Å². The van der Waals surface area contributed by atoms with Gasteiger partial charge in [0.2, 0.25) is 11.8 Å². The number of thioether (sulfide) groups is 1. The van der Waals surface area contributed by atoms with Gasteiger partial charge in [-0.3, -0.25) is 9.59 Å². The second kappa shape index (κ2) is 8.31. The van der Waals surface area contributed by atoms with E-state index in [-0.39, 0.29) is 24.0 Å². The summed E-state index contributed by atoms with van der Waals surface area (Å²) in [6.07, 6.45) is 0.272. The molecule has 110 valence electrons. The molecule has 0 aliphatic carbocycles. The highest BCUT2D eigenvalue weighted by Gasteiger charge is 2.07. The number of nitrogens with one attached hydrogen (secondary N) is 1. The molecule has 1 aromatic rings. The van der Waals surface area contributed by atoms with Gasteiger partial charge in [-0.05, 0) is 12.1 Å². The minimum absolute atomic E-state index is 0.147. The quantitative estimate of drug-likeness (QED) is 0.705. The number of hydrogen-bond acceptors (Lipinski definition) is 5. The lowest BCUT2D eigenvalue weighted by Gasteiger charge is -2.10. The van der Waals surface area contributed by atoms with Gasteiger partial charge < -0.3 is 20.5 Å². The van der Waals surface area contributed by atoms with Crippen LogP contribution in [0.4, 0.5) is 5.69 Å². The van der Waals surface area contributed by atoms with Gasteiger partial charge in [0.15, 0.2) is 11.5 Å². The first kappa shape index (κ1) is 16.2. The Labute approximate surface area is 122 Å². The summed E-state index contributed by atoms with van der Waals surface area (Å²) in [5.41, 5.74) is 5.64. The molecule has 3 N–H and O–H groups in total. The number of benzene rings is 1. The molecule has 20 heavy (non-hydrogen) atoms. The molecular formula is C13H18N2O4S. The molecule has 0 saturated carbocycles. The lowest BCUT2D eigenvalue weighted by Crippen LogP contribution is -2.16. The van der Waals surface area contributed by atoms with Crippen molar-refractivity contribution in [3.63, 3.8) is 0 Å². The van der Waals surface area contributed by atoms with E-state index < -0.39 is 0 Å². The maximum atomic E-state index is 11.7. The molecule has 0 aliphatic heterocycles. The number of carbonyl (C=O) groups is 2. The van der Waals surface area contributed by atoms with Crippen LogP contribution in [0.5, 0.6) is 11.5 Å². The van der Waals surface area contributed by atoms with E-state index in [0.29, 0.717) is 22.9 Å². The highest BCUT2D eigenvalue weighted by molar-refractivity contribution is 7.99. The van der Waals surface area contributed by atoms with Crippen LogP contribution in [0.3, 0.4) is 0 Å². The van der Waals surface area contributed by atoms with Crippen molar-refractivity contribution in [3.05, 3.63) is 18.2 Å². The average Bonchev–Trinajstić information content (AvgIpc) is 2.43. The first-order valence-corrected chi connectivity index (χ1v) is 7.10. The number of hydrogen-bond donors (Lipinski definition) is 2. The van der Waals surface area contributed by atoms with E-state index in [0.717, 1.165) is 0 Å². The Morgan fingerprint density at radius 2 is 1.95 bits per heavy atom. The van der Waals surface area contributed by atoms with Crippen molar-refractivity contribution >= 4 is 29.3 Å². The maximum Gasteiger partial charge on any atom is 0.234 e. The van der Waals surface area contributed by atoms with Crippen molar-refractivity contribution in [1.29, 1.82) is 0 Å². The summed E-state index contributed by atoms with van der Waals surface area (Å²) in [6.45, 7) is 0. The number of nitrogens with two attached hydrogens (primary N) is 1. The highest BCUT2D eigenvalue weighted by Crippen LogP contribution is 2.29. The molecule has 0 aliphatic rings. The van der Waals surface area contributed by atoms with Gasteiger partial charge in [0.1, 0.15) is 0 Å². The molecule has 0 radical (unpaired) electrons. The van der Waals surface area contributed by atoms with Crippen molar-refractivity contribution in [2.45, 2.75) is 6.42 Å². The zero-order chi connectivity index (χ0) is 15.0. The fourth-order valence-corrected chi connectivity index (χ4v) is 2.20. The van der Waals surface area contributed by atoms with Gasteiger partial charge in [-0.25, -0.2) is 0 Å². The molecule has 1 aromatic carbocycles. The number of carbonyl (C=O) groups excluding carboxylic acids is 2. The van der Waals surface area contributed by atoms with Gasteiger partial charge in [0.05, 0.1) is 20.0 Å². The van der Waals surface area contributed by atoms with Crippen LogP contribution in [0.1, 0.15) is 6.42 Å². The molecule has 0 unspecified atom stereocenters. The van der Waals surface area contributed by atoms with Crippen molar-refractivity contribution in [2.24, 2.45) is 5.73 Å². The van der Waals surface area contributed by atoms with Crippen LogP contribution in [-0.4, -0.2) is 37.5 Å². The van der Waals surface area contributed by atoms with Gasteiger partial charge >= 0.3 is 0 Å². The Hall–Kier alpha value is -1.89. The Morgan fingerprint density at radius 1 is 1.25 bits per heavy atom. The van der Waals surface area contributed by atoms with E-state index in [1.165, 1.54) is 18.9 Å². The zero-order valence-corrected chi connectivity index (χ0v) is 12.3. The largest absolute Gasteiger partial charge is 0.493 e. The molecular weight excluding hydrogens is 280 g/mol. The molecule has 1 rings (SSSR count). The average molecular weight is 298 g/mol. The molecule has 2 amide bonds. The molecule has 0 saturated heterocycles. The van der Waals surface area contributed by atoms with Gasteiger partial charge in [0.25, 0.3) is 0 Å². The third-order valence-corrected chi connectivity index (χ3v) is 3.35. The third kappa shape index (κ3) is 5.40. The van der Waals surface area contributed by atoms with Crippen LogP contribution >= 0.6 is 11.8 Å². The van der Waals surface area contributed by atoms with E-state index in [9.17, 15) is 9.59 Å². The molecule has 7 heteroatoms. The number of methoxy groups -OCH3 is 2. The number of primary amides is 1. The molecule has 0 spiro atoms. The first-order chi connectivity index (χ1) is 9.56. The van der Waals surface area contributed by atoms with Crippen molar-refractivity contribution in [1.82, 2.24) is 0 Å². The van der Waals surface area contributed by atoms with Gasteiger partial charge in [0, 0.05) is 23.9 Å². The summed E-state index contributed by atoms with van der Waals surface area (Å²) in [5, 5.41) is 2.74. The Bertz CT molecular complexity index is 479. The van der Waals surface area contributed by atoms with Crippen molar-refractivity contribution < 1.29 is 19.1 Å². The highest BCUT2D eigenvalue weighted by atomic mass is 32.2. The monoisotopic (exact) mass is 298 g/mol. The van der Waals surface area contributed by atoms with E-state index in [1.54, 1.807) is 25.3 Å². The minimum atomic E-state index is -0.363. The van der Waals surface area contributed by atoms with Crippen LogP contribution in [0.15, 0.2) is 18.2 Å². The SMILES string of the molecule is COc1ccc(NC(=O)CSCCC(N)=O)cc1OC. The van der Waals surface area contributed by atoms with E-state index in [2.05, 4.69) is 5.32 Å². The number of ether oxygens (including phenoxy) is 2. The lowest BCUT2D eigenvalue weighted by molar-refractivity contribution is -0.117. The van der Waals surface area contributed by atoms with Crippen molar-refractivity contribution in [2.75, 3.05) is 31.0 Å². The van der Waals surface area contributed by atoms with Gasteiger partial charge in [-0.15, -0.1) is 0 Å². The number of amides is 2. The Kier molecular flexibility index (Phi) is 6.72. The standard InChI is InChI=1S/C13H18N2O4S/c1-18-10-4-3-9(7-11(10)19-2)15-13(17)8-20-6-5-12(14)16/h3-4,7H,5-6,8H2,1-2H3,(H2,14,16)(H,15,17). The van der Waals surface area contributed by atoms with E-state index >= 15 is 0 Å². The summed E-state index contributed by atoms with van der Waals surface area (Å²) < 4.78 is 10.3. The third-order valence-electron chi connectivity index (χ3n) is 2.39. The summed E-state index contributed by atoms with van der Waals surface area (Å²) in [4.78, 5) is 22.2. The van der Waals surface area contributed by atoms with Crippen LogP contribution in [0.25, 0.3) is 0 Å². The van der Waals surface area contributed by atoms with Gasteiger partial charge in [-0.1, -0.05) is 0 Å². The predicted octanol–water partition coefficient (Wildman–Crippen LogP) is 1.25. The zero-order valence-electron chi connectivity index (χ0n) is 11.5. The second-order valence-corrected chi connectivity index (χ2v) is 4.99.